The van der Waals surface area contributed by atoms with Gasteiger partial charge in [-0.1, -0.05) is 18.2 Å². The monoisotopic (exact) mass is 344 g/mol. The summed E-state index contributed by atoms with van der Waals surface area (Å²) in [5, 5.41) is 0. The Balaban J connectivity index is 1.67. The van der Waals surface area contributed by atoms with Gasteiger partial charge in [-0.3, -0.25) is 9.59 Å². The maximum Gasteiger partial charge on any atom is 0.254 e. The highest BCUT2D eigenvalue weighted by molar-refractivity contribution is 5.97. The Bertz CT molecular complexity index is 584. The van der Waals surface area contributed by atoms with E-state index < -0.39 is 0 Å². The van der Waals surface area contributed by atoms with E-state index in [0.717, 1.165) is 45.1 Å². The number of carbonyl (C=O) groups is 2. The van der Waals surface area contributed by atoms with Crippen LogP contribution in [0.5, 0.6) is 0 Å². The molecule has 5 heteroatoms. The standard InChI is InChI=1S/C20H28N2O3/c1-21(15-17-11-6-8-14-25-17)20(24)18-12-5-7-13-22(18)19(23)16-9-3-2-4-10-16/h2-4,9-10,17-18H,5-8,11-15H2,1H3. The van der Waals surface area contributed by atoms with Crippen LogP contribution in [-0.4, -0.2) is 60.5 Å². The molecule has 2 fully saturated rings. The Morgan fingerprint density at radius 3 is 2.60 bits per heavy atom. The molecule has 2 aliphatic rings. The Morgan fingerprint density at radius 1 is 1.12 bits per heavy atom. The second-order valence-corrected chi connectivity index (χ2v) is 7.08. The van der Waals surface area contributed by atoms with E-state index in [1.54, 1.807) is 9.80 Å². The summed E-state index contributed by atoms with van der Waals surface area (Å²) in [6.45, 7) is 2.05. The third kappa shape index (κ3) is 4.40. The van der Waals surface area contributed by atoms with Crippen molar-refractivity contribution in [1.29, 1.82) is 0 Å². The van der Waals surface area contributed by atoms with Crippen LogP contribution in [0.25, 0.3) is 0 Å². The number of likely N-dealkylation sites (N-methyl/N-ethyl adjacent to an activating group) is 1. The van der Waals surface area contributed by atoms with Crippen LogP contribution >= 0.6 is 0 Å². The first-order valence-electron chi connectivity index (χ1n) is 9.39. The third-order valence-electron chi connectivity index (χ3n) is 5.20. The van der Waals surface area contributed by atoms with Gasteiger partial charge in [0, 0.05) is 32.3 Å². The molecule has 2 unspecified atom stereocenters. The van der Waals surface area contributed by atoms with Crippen LogP contribution in [0.2, 0.25) is 0 Å². The topological polar surface area (TPSA) is 49.9 Å². The smallest absolute Gasteiger partial charge is 0.254 e. The lowest BCUT2D eigenvalue weighted by Crippen LogP contribution is -2.53. The summed E-state index contributed by atoms with van der Waals surface area (Å²) in [5.74, 6) is -0.000814. The highest BCUT2D eigenvalue weighted by Crippen LogP contribution is 2.22. The number of piperidine rings is 1. The molecule has 0 radical (unpaired) electrons. The summed E-state index contributed by atoms with van der Waals surface area (Å²) < 4.78 is 5.76. The lowest BCUT2D eigenvalue weighted by Gasteiger charge is -2.38. The van der Waals surface area contributed by atoms with E-state index in [2.05, 4.69) is 0 Å². The number of hydrogen-bond donors (Lipinski definition) is 0. The van der Waals surface area contributed by atoms with Gasteiger partial charge in [0.15, 0.2) is 0 Å². The van der Waals surface area contributed by atoms with Crippen molar-refractivity contribution in [2.24, 2.45) is 0 Å². The van der Waals surface area contributed by atoms with E-state index in [9.17, 15) is 9.59 Å². The number of rotatable bonds is 4. The molecule has 2 atom stereocenters. The molecule has 3 rings (SSSR count). The summed E-state index contributed by atoms with van der Waals surface area (Å²) in [7, 11) is 1.83. The van der Waals surface area contributed by atoms with Crippen LogP contribution in [0.4, 0.5) is 0 Å². The first-order chi connectivity index (χ1) is 12.2. The van der Waals surface area contributed by atoms with Gasteiger partial charge in [0.25, 0.3) is 5.91 Å². The van der Waals surface area contributed by atoms with Crippen molar-refractivity contribution in [3.8, 4) is 0 Å². The summed E-state index contributed by atoms with van der Waals surface area (Å²) in [6, 6.07) is 8.90. The van der Waals surface area contributed by atoms with Crippen LogP contribution < -0.4 is 0 Å². The average Bonchev–Trinajstić information content (AvgIpc) is 2.68. The minimum Gasteiger partial charge on any atom is -0.376 e. The molecule has 0 spiro atoms. The molecule has 0 bridgehead atoms. The zero-order chi connectivity index (χ0) is 17.6. The summed E-state index contributed by atoms with van der Waals surface area (Å²) in [6.07, 6.45) is 6.10. The minimum atomic E-state index is -0.352. The van der Waals surface area contributed by atoms with E-state index in [0.29, 0.717) is 18.7 Å². The molecule has 2 heterocycles. The first-order valence-corrected chi connectivity index (χ1v) is 9.39. The largest absolute Gasteiger partial charge is 0.376 e. The fraction of sp³-hybridized carbons (Fsp3) is 0.600. The Labute approximate surface area is 149 Å². The molecule has 2 amide bonds. The van der Waals surface area contributed by atoms with Crippen LogP contribution in [0, 0.1) is 0 Å². The number of benzene rings is 1. The van der Waals surface area contributed by atoms with Crippen molar-refractivity contribution in [2.45, 2.75) is 50.7 Å². The lowest BCUT2D eigenvalue weighted by atomic mass is 9.99. The van der Waals surface area contributed by atoms with E-state index in [-0.39, 0.29) is 24.0 Å². The van der Waals surface area contributed by atoms with Gasteiger partial charge < -0.3 is 14.5 Å². The molecule has 25 heavy (non-hydrogen) atoms. The van der Waals surface area contributed by atoms with Gasteiger partial charge >= 0.3 is 0 Å². The number of carbonyl (C=O) groups excluding carboxylic acids is 2. The maximum absolute atomic E-state index is 13.0. The van der Waals surface area contributed by atoms with Crippen molar-refractivity contribution < 1.29 is 14.3 Å². The van der Waals surface area contributed by atoms with Crippen LogP contribution in [0.3, 0.4) is 0 Å². The number of hydrogen-bond acceptors (Lipinski definition) is 3. The van der Waals surface area contributed by atoms with Crippen molar-refractivity contribution >= 4 is 11.8 Å². The molecule has 2 aliphatic heterocycles. The van der Waals surface area contributed by atoms with Crippen molar-refractivity contribution in [3.05, 3.63) is 35.9 Å². The SMILES string of the molecule is CN(CC1CCCCO1)C(=O)C1CCCCN1C(=O)c1ccccc1. The normalized spacial score (nSPS) is 24.0. The summed E-state index contributed by atoms with van der Waals surface area (Å²) in [5.41, 5.74) is 0.653. The minimum absolute atomic E-state index is 0.0400. The summed E-state index contributed by atoms with van der Waals surface area (Å²) in [4.78, 5) is 29.4. The fourth-order valence-electron chi connectivity index (χ4n) is 3.78. The third-order valence-corrected chi connectivity index (χ3v) is 5.20. The number of nitrogens with zero attached hydrogens (tertiary/aromatic N) is 2. The average molecular weight is 344 g/mol. The second kappa shape index (κ2) is 8.48. The van der Waals surface area contributed by atoms with E-state index in [4.69, 9.17) is 4.74 Å². The molecule has 0 aliphatic carbocycles. The van der Waals surface area contributed by atoms with Gasteiger partial charge in [0.2, 0.25) is 5.91 Å². The molecule has 5 nitrogen and oxygen atoms in total. The second-order valence-electron chi connectivity index (χ2n) is 7.08. The molecule has 0 N–H and O–H groups in total. The fourth-order valence-corrected chi connectivity index (χ4v) is 3.78. The molecule has 0 saturated carbocycles. The van der Waals surface area contributed by atoms with Gasteiger partial charge in [0.1, 0.15) is 6.04 Å². The Hall–Kier alpha value is -1.88. The number of amides is 2. The summed E-state index contributed by atoms with van der Waals surface area (Å²) >= 11 is 0. The maximum atomic E-state index is 13.0. The van der Waals surface area contributed by atoms with E-state index in [1.807, 2.05) is 37.4 Å². The van der Waals surface area contributed by atoms with Crippen molar-refractivity contribution in [2.75, 3.05) is 26.7 Å². The highest BCUT2D eigenvalue weighted by Gasteiger charge is 2.34. The lowest BCUT2D eigenvalue weighted by molar-refractivity contribution is -0.138. The zero-order valence-corrected chi connectivity index (χ0v) is 15.0. The zero-order valence-electron chi connectivity index (χ0n) is 15.0. The van der Waals surface area contributed by atoms with Crippen LogP contribution in [0.1, 0.15) is 48.9 Å². The highest BCUT2D eigenvalue weighted by atomic mass is 16.5. The number of likely N-dealkylation sites (tertiary alicyclic amines) is 1. The molecular formula is C20H28N2O3. The van der Waals surface area contributed by atoms with Crippen LogP contribution in [0.15, 0.2) is 30.3 Å². The van der Waals surface area contributed by atoms with Crippen molar-refractivity contribution in [3.63, 3.8) is 0 Å². The first kappa shape index (κ1) is 17.9. The van der Waals surface area contributed by atoms with E-state index in [1.165, 1.54) is 0 Å². The molecular weight excluding hydrogens is 316 g/mol. The van der Waals surface area contributed by atoms with Gasteiger partial charge in [-0.05, 0) is 50.7 Å². The quantitative estimate of drug-likeness (QED) is 0.844. The molecule has 136 valence electrons. The predicted molar refractivity (Wildman–Crippen MR) is 96.3 cm³/mol. The van der Waals surface area contributed by atoms with Gasteiger partial charge in [-0.2, -0.15) is 0 Å². The van der Waals surface area contributed by atoms with Crippen molar-refractivity contribution in [1.82, 2.24) is 9.80 Å². The molecule has 0 aromatic heterocycles. The molecule has 2 saturated heterocycles. The molecule has 1 aromatic carbocycles. The Morgan fingerprint density at radius 2 is 1.88 bits per heavy atom. The number of ether oxygens (including phenoxy) is 1. The van der Waals surface area contributed by atoms with Gasteiger partial charge in [-0.15, -0.1) is 0 Å². The van der Waals surface area contributed by atoms with Gasteiger partial charge in [-0.25, -0.2) is 0 Å². The van der Waals surface area contributed by atoms with Gasteiger partial charge in [0.05, 0.1) is 6.10 Å². The van der Waals surface area contributed by atoms with E-state index >= 15 is 0 Å². The van der Waals surface area contributed by atoms with Crippen LogP contribution in [-0.2, 0) is 9.53 Å². The Kier molecular flexibility index (Phi) is 6.08. The predicted octanol–water partition coefficient (Wildman–Crippen LogP) is 2.71. The molecule has 1 aromatic rings.